The Morgan fingerprint density at radius 1 is 1.43 bits per heavy atom. The van der Waals surface area contributed by atoms with Crippen molar-refractivity contribution in [3.8, 4) is 0 Å². The molecule has 1 saturated heterocycles. The molecule has 2 amide bonds. The highest BCUT2D eigenvalue weighted by molar-refractivity contribution is 7.08. The molecule has 0 aliphatic carbocycles. The summed E-state index contributed by atoms with van der Waals surface area (Å²) in [6.07, 6.45) is 3.77. The Bertz CT molecular complexity index is 680. The molecule has 3 heterocycles. The van der Waals surface area contributed by atoms with Gasteiger partial charge >= 0.3 is 6.03 Å². The van der Waals surface area contributed by atoms with Crippen LogP contribution in [0.5, 0.6) is 0 Å². The third kappa shape index (κ3) is 3.25. The number of carbonyl (C=O) groups excluding carboxylic acids is 1. The van der Waals surface area contributed by atoms with Gasteiger partial charge in [0.15, 0.2) is 0 Å². The molecular formula is C16H23N5OS. The third-order valence-corrected chi connectivity index (χ3v) is 5.30. The van der Waals surface area contributed by atoms with E-state index < -0.39 is 0 Å². The van der Waals surface area contributed by atoms with Crippen LogP contribution < -0.4 is 5.32 Å². The molecule has 2 aromatic rings. The zero-order chi connectivity index (χ0) is 16.4. The summed E-state index contributed by atoms with van der Waals surface area (Å²) in [6, 6.07) is 0.115. The number of nitrogens with one attached hydrogen (secondary N) is 1. The van der Waals surface area contributed by atoms with Crippen LogP contribution in [0.15, 0.2) is 23.2 Å². The lowest BCUT2D eigenvalue weighted by Crippen LogP contribution is -2.52. The zero-order valence-corrected chi connectivity index (χ0v) is 14.6. The molecule has 0 bridgehead atoms. The van der Waals surface area contributed by atoms with Gasteiger partial charge in [0.25, 0.3) is 0 Å². The second-order valence-corrected chi connectivity index (χ2v) is 6.63. The number of thiophene rings is 1. The first-order valence-corrected chi connectivity index (χ1v) is 8.84. The first-order valence-electron chi connectivity index (χ1n) is 7.90. The van der Waals surface area contributed by atoms with E-state index in [2.05, 4.69) is 22.1 Å². The molecular weight excluding hydrogens is 310 g/mol. The van der Waals surface area contributed by atoms with Crippen LogP contribution in [0.1, 0.15) is 24.4 Å². The Hall–Kier alpha value is -1.86. The van der Waals surface area contributed by atoms with E-state index >= 15 is 0 Å². The van der Waals surface area contributed by atoms with Crippen LogP contribution in [0, 0.1) is 6.92 Å². The highest BCUT2D eigenvalue weighted by atomic mass is 32.1. The van der Waals surface area contributed by atoms with Gasteiger partial charge in [-0.1, -0.05) is 6.92 Å². The van der Waals surface area contributed by atoms with E-state index in [4.69, 9.17) is 0 Å². The molecule has 0 radical (unpaired) electrons. The summed E-state index contributed by atoms with van der Waals surface area (Å²) >= 11 is 1.60. The largest absolute Gasteiger partial charge is 0.337 e. The molecule has 3 rings (SSSR count). The van der Waals surface area contributed by atoms with E-state index in [-0.39, 0.29) is 12.1 Å². The number of rotatable bonds is 3. The number of carbonyl (C=O) groups is 1. The first-order chi connectivity index (χ1) is 11.1. The summed E-state index contributed by atoms with van der Waals surface area (Å²) in [5.41, 5.74) is 2.02. The Morgan fingerprint density at radius 2 is 2.26 bits per heavy atom. The fourth-order valence-corrected chi connectivity index (χ4v) is 3.79. The minimum atomic E-state index is -0.0264. The molecule has 0 unspecified atom stereocenters. The Balaban J connectivity index is 1.73. The maximum absolute atomic E-state index is 12.6. The van der Waals surface area contributed by atoms with Crippen molar-refractivity contribution in [3.05, 3.63) is 34.5 Å². The number of aryl methyl sites for hydroxylation is 2. The van der Waals surface area contributed by atoms with Crippen LogP contribution in [-0.4, -0.2) is 51.6 Å². The van der Waals surface area contributed by atoms with E-state index in [1.165, 1.54) is 0 Å². The SMILES string of the molecule is CCN1CCN(C(=O)Nc2cscc2C)C[C@@H]1c1nccn1C. The van der Waals surface area contributed by atoms with E-state index in [1.54, 1.807) is 11.3 Å². The fraction of sp³-hybridized carbons (Fsp3) is 0.500. The maximum Gasteiger partial charge on any atom is 0.321 e. The number of nitrogens with zero attached hydrogens (tertiary/aromatic N) is 4. The Morgan fingerprint density at radius 3 is 2.87 bits per heavy atom. The van der Waals surface area contributed by atoms with Gasteiger partial charge in [0.2, 0.25) is 0 Å². The maximum atomic E-state index is 12.6. The quantitative estimate of drug-likeness (QED) is 0.939. The van der Waals surface area contributed by atoms with E-state index in [0.29, 0.717) is 6.54 Å². The van der Waals surface area contributed by atoms with Gasteiger partial charge in [-0.25, -0.2) is 9.78 Å². The second kappa shape index (κ2) is 6.72. The number of aromatic nitrogens is 2. The molecule has 6 nitrogen and oxygen atoms in total. The molecule has 1 atom stereocenters. The molecule has 124 valence electrons. The molecule has 1 aliphatic heterocycles. The lowest BCUT2D eigenvalue weighted by atomic mass is 10.1. The van der Waals surface area contributed by atoms with Gasteiger partial charge in [0.05, 0.1) is 11.7 Å². The number of likely N-dealkylation sites (N-methyl/N-ethyl adjacent to an activating group) is 1. The predicted molar refractivity (Wildman–Crippen MR) is 92.8 cm³/mol. The minimum absolute atomic E-state index is 0.0264. The number of anilines is 1. The van der Waals surface area contributed by atoms with Gasteiger partial charge in [0, 0.05) is 44.5 Å². The number of piperazine rings is 1. The molecule has 0 saturated carbocycles. The van der Waals surface area contributed by atoms with Crippen molar-refractivity contribution in [1.29, 1.82) is 0 Å². The number of amides is 2. The summed E-state index contributed by atoms with van der Waals surface area (Å²) in [4.78, 5) is 21.3. The summed E-state index contributed by atoms with van der Waals surface area (Å²) in [7, 11) is 2.00. The van der Waals surface area contributed by atoms with Crippen molar-refractivity contribution < 1.29 is 4.79 Å². The van der Waals surface area contributed by atoms with Gasteiger partial charge in [-0.2, -0.15) is 0 Å². The van der Waals surface area contributed by atoms with Crippen LogP contribution in [0.3, 0.4) is 0 Å². The molecule has 0 spiro atoms. The smallest absolute Gasteiger partial charge is 0.321 e. The van der Waals surface area contributed by atoms with Gasteiger partial charge in [0.1, 0.15) is 5.82 Å². The summed E-state index contributed by atoms with van der Waals surface area (Å²) in [5.74, 6) is 1.01. The molecule has 23 heavy (non-hydrogen) atoms. The van der Waals surface area contributed by atoms with Crippen molar-refractivity contribution in [2.45, 2.75) is 19.9 Å². The van der Waals surface area contributed by atoms with E-state index in [1.807, 2.05) is 46.6 Å². The average molecular weight is 333 g/mol. The standard InChI is InChI=1S/C16H23N5OS/c1-4-20-7-8-21(9-14(20)15-17-5-6-19(15)3)16(22)18-13-11-23-10-12(13)2/h5-6,10-11,14H,4,7-9H2,1-3H3,(H,18,22)/t14-/m1/s1. The van der Waals surface area contributed by atoms with Crippen LogP contribution >= 0.6 is 11.3 Å². The van der Waals surface area contributed by atoms with Crippen molar-refractivity contribution in [1.82, 2.24) is 19.4 Å². The third-order valence-electron chi connectivity index (χ3n) is 4.44. The van der Waals surface area contributed by atoms with Gasteiger partial charge < -0.3 is 14.8 Å². The van der Waals surface area contributed by atoms with Gasteiger partial charge in [-0.3, -0.25) is 4.90 Å². The second-order valence-electron chi connectivity index (χ2n) is 5.89. The van der Waals surface area contributed by atoms with Gasteiger partial charge in [-0.15, -0.1) is 11.3 Å². The summed E-state index contributed by atoms with van der Waals surface area (Å²) < 4.78 is 2.04. The number of imidazole rings is 1. The van der Waals surface area contributed by atoms with Crippen LogP contribution in [0.25, 0.3) is 0 Å². The zero-order valence-electron chi connectivity index (χ0n) is 13.8. The molecule has 2 aromatic heterocycles. The highest BCUT2D eigenvalue weighted by Crippen LogP contribution is 2.25. The van der Waals surface area contributed by atoms with Crippen LogP contribution in [0.4, 0.5) is 10.5 Å². The van der Waals surface area contributed by atoms with Crippen molar-refractivity contribution >= 4 is 23.1 Å². The number of hydrogen-bond donors (Lipinski definition) is 1. The summed E-state index contributed by atoms with van der Waals surface area (Å²) in [5, 5.41) is 7.05. The lowest BCUT2D eigenvalue weighted by molar-refractivity contribution is 0.0927. The normalized spacial score (nSPS) is 19.1. The topological polar surface area (TPSA) is 53.4 Å². The molecule has 1 fully saturated rings. The monoisotopic (exact) mass is 333 g/mol. The molecule has 7 heteroatoms. The van der Waals surface area contributed by atoms with Crippen LogP contribution in [0.2, 0.25) is 0 Å². The summed E-state index contributed by atoms with van der Waals surface area (Å²) in [6.45, 7) is 7.39. The molecule has 1 aliphatic rings. The number of hydrogen-bond acceptors (Lipinski definition) is 4. The van der Waals surface area contributed by atoms with Crippen molar-refractivity contribution in [3.63, 3.8) is 0 Å². The van der Waals surface area contributed by atoms with Gasteiger partial charge in [-0.05, 0) is 24.4 Å². The predicted octanol–water partition coefficient (Wildman–Crippen LogP) is 2.70. The van der Waals surface area contributed by atoms with Crippen molar-refractivity contribution in [2.24, 2.45) is 7.05 Å². The Kier molecular flexibility index (Phi) is 4.68. The van der Waals surface area contributed by atoms with Crippen molar-refractivity contribution in [2.75, 3.05) is 31.5 Å². The fourth-order valence-electron chi connectivity index (χ4n) is 3.01. The number of urea groups is 1. The minimum Gasteiger partial charge on any atom is -0.337 e. The lowest BCUT2D eigenvalue weighted by Gasteiger charge is -2.40. The molecule has 0 aromatic carbocycles. The van der Waals surface area contributed by atoms with Crippen LogP contribution in [-0.2, 0) is 7.05 Å². The van der Waals surface area contributed by atoms with E-state index in [9.17, 15) is 4.79 Å². The average Bonchev–Trinajstić information content (AvgIpc) is 3.15. The Labute approximate surface area is 140 Å². The molecule has 1 N–H and O–H groups in total. The first kappa shape index (κ1) is 16.0. The highest BCUT2D eigenvalue weighted by Gasteiger charge is 2.32. The van der Waals surface area contributed by atoms with E-state index in [0.717, 1.165) is 36.7 Å².